The minimum absolute atomic E-state index is 0.0184. The molecular formula is C20H20F6N4O2S. The number of amidine groups is 1. The van der Waals surface area contributed by atoms with Gasteiger partial charge in [0.1, 0.15) is 5.84 Å². The van der Waals surface area contributed by atoms with Crippen molar-refractivity contribution < 1.29 is 35.9 Å². The van der Waals surface area contributed by atoms with Crippen molar-refractivity contribution in [2.45, 2.75) is 31.7 Å². The minimum Gasteiger partial charge on any atom is -0.368 e. The number of primary amides is 1. The normalized spacial score (nSPS) is 19.8. The first-order valence-electron chi connectivity index (χ1n) is 9.87. The van der Waals surface area contributed by atoms with Crippen molar-refractivity contribution in [2.24, 2.45) is 16.6 Å². The van der Waals surface area contributed by atoms with Crippen LogP contribution in [0.1, 0.15) is 29.5 Å². The van der Waals surface area contributed by atoms with Gasteiger partial charge in [-0.2, -0.15) is 31.3 Å². The fraction of sp³-hybridized carbons (Fsp3) is 0.450. The van der Waals surface area contributed by atoms with Crippen molar-refractivity contribution in [3.63, 3.8) is 0 Å². The second-order valence-electron chi connectivity index (χ2n) is 7.66. The number of piperidine rings is 1. The Kier molecular flexibility index (Phi) is 7.42. The predicted octanol–water partition coefficient (Wildman–Crippen LogP) is 4.16. The second kappa shape index (κ2) is 9.75. The van der Waals surface area contributed by atoms with E-state index in [9.17, 15) is 35.9 Å². The van der Waals surface area contributed by atoms with E-state index in [1.165, 1.54) is 0 Å². The van der Waals surface area contributed by atoms with Crippen LogP contribution in [0.4, 0.5) is 31.1 Å². The summed E-state index contributed by atoms with van der Waals surface area (Å²) in [5, 5.41) is 2.26. The zero-order chi connectivity index (χ0) is 24.4. The van der Waals surface area contributed by atoms with E-state index in [4.69, 9.17) is 5.73 Å². The highest BCUT2D eigenvalue weighted by molar-refractivity contribution is 8.18. The number of thioether (sulfide) groups is 1. The van der Waals surface area contributed by atoms with Gasteiger partial charge in [-0.3, -0.25) is 14.5 Å². The van der Waals surface area contributed by atoms with Crippen molar-refractivity contribution in [3.05, 3.63) is 45.9 Å². The maximum absolute atomic E-state index is 13.4. The third-order valence-electron chi connectivity index (χ3n) is 5.22. The molecule has 13 heteroatoms. The van der Waals surface area contributed by atoms with Crippen LogP contribution in [0.15, 0.2) is 34.2 Å². The maximum Gasteiger partial charge on any atom is 0.416 e. The van der Waals surface area contributed by atoms with Crippen LogP contribution < -0.4 is 11.1 Å². The fourth-order valence-corrected chi connectivity index (χ4v) is 4.41. The number of nitrogens with two attached hydrogens (primary N) is 1. The van der Waals surface area contributed by atoms with Crippen LogP contribution in [0.3, 0.4) is 0 Å². The Morgan fingerprint density at radius 1 is 1.18 bits per heavy atom. The number of halogens is 6. The van der Waals surface area contributed by atoms with Crippen LogP contribution in [0.25, 0.3) is 0 Å². The van der Waals surface area contributed by atoms with Crippen LogP contribution in [0, 0.1) is 5.92 Å². The number of amides is 2. The monoisotopic (exact) mass is 494 g/mol. The van der Waals surface area contributed by atoms with Gasteiger partial charge in [0, 0.05) is 6.54 Å². The quantitative estimate of drug-likeness (QED) is 0.601. The van der Waals surface area contributed by atoms with Crippen molar-refractivity contribution in [1.82, 2.24) is 10.2 Å². The van der Waals surface area contributed by atoms with E-state index in [1.807, 2.05) is 6.08 Å². The number of aliphatic imine (C=N–C) groups is 1. The van der Waals surface area contributed by atoms with Crippen LogP contribution >= 0.6 is 11.8 Å². The Morgan fingerprint density at radius 2 is 1.85 bits per heavy atom. The molecule has 1 saturated heterocycles. The fourth-order valence-electron chi connectivity index (χ4n) is 3.61. The first-order valence-corrected chi connectivity index (χ1v) is 10.7. The Morgan fingerprint density at radius 3 is 2.42 bits per heavy atom. The molecule has 0 aromatic heterocycles. The zero-order valence-electron chi connectivity index (χ0n) is 17.1. The molecule has 0 bridgehead atoms. The molecule has 3 rings (SSSR count). The predicted molar refractivity (Wildman–Crippen MR) is 110 cm³/mol. The van der Waals surface area contributed by atoms with Crippen molar-refractivity contribution in [3.8, 4) is 0 Å². The summed E-state index contributed by atoms with van der Waals surface area (Å²) in [6, 6.07) is 1.70. The van der Waals surface area contributed by atoms with Gasteiger partial charge in [0.05, 0.1) is 22.6 Å². The first-order chi connectivity index (χ1) is 15.3. The molecule has 0 aliphatic carbocycles. The number of carbonyl (C=O) groups is 2. The molecule has 2 aliphatic heterocycles. The number of nitrogens with zero attached hydrogens (tertiary/aromatic N) is 2. The van der Waals surface area contributed by atoms with Gasteiger partial charge in [0.2, 0.25) is 5.91 Å². The van der Waals surface area contributed by atoms with Crippen molar-refractivity contribution >= 4 is 28.7 Å². The molecule has 6 nitrogen and oxygen atoms in total. The lowest BCUT2D eigenvalue weighted by atomic mass is 9.95. The Bertz CT molecular complexity index is 982. The first kappa shape index (κ1) is 25.1. The molecule has 2 aliphatic rings. The Hall–Kier alpha value is -2.54. The van der Waals surface area contributed by atoms with E-state index in [2.05, 4.69) is 10.3 Å². The molecule has 1 aromatic rings. The van der Waals surface area contributed by atoms with E-state index < -0.39 is 34.6 Å². The smallest absolute Gasteiger partial charge is 0.368 e. The molecule has 0 saturated carbocycles. The number of allylic oxidation sites excluding steroid dienone is 1. The standard InChI is InChI=1S/C20H20F6N4O2S/c21-19(22,23)13-2-1-12(14(8-13)20(24,25)26)10-30-5-3-11(4-6-30)7-15-17(28-9-16(27)31)29-18(32)33-15/h1-2,7-8,11H,3-6,9-10H2,(H2,27,31)(H,28,29,32)/b15-7-. The summed E-state index contributed by atoms with van der Waals surface area (Å²) in [7, 11) is 0. The number of benzene rings is 1. The van der Waals surface area contributed by atoms with Gasteiger partial charge in [-0.1, -0.05) is 12.1 Å². The minimum atomic E-state index is -4.90. The summed E-state index contributed by atoms with van der Waals surface area (Å²) in [4.78, 5) is 28.6. The van der Waals surface area contributed by atoms with Crippen LogP contribution in [-0.4, -0.2) is 41.5 Å². The van der Waals surface area contributed by atoms with Crippen molar-refractivity contribution in [2.75, 3.05) is 19.6 Å². The van der Waals surface area contributed by atoms with Gasteiger partial charge in [-0.05, 0) is 61.3 Å². The summed E-state index contributed by atoms with van der Waals surface area (Å²) in [6.07, 6.45) is -6.79. The van der Waals surface area contributed by atoms with Crippen LogP contribution in [-0.2, 0) is 23.7 Å². The summed E-state index contributed by atoms with van der Waals surface area (Å²) in [5.74, 6) is -0.341. The zero-order valence-corrected chi connectivity index (χ0v) is 17.9. The average molecular weight is 494 g/mol. The lowest BCUT2D eigenvalue weighted by molar-refractivity contribution is -0.143. The number of nitrogens with one attached hydrogen (secondary N) is 1. The molecular weight excluding hydrogens is 474 g/mol. The van der Waals surface area contributed by atoms with Gasteiger partial charge in [0.25, 0.3) is 0 Å². The highest BCUT2D eigenvalue weighted by Crippen LogP contribution is 2.38. The Balaban J connectivity index is 1.65. The molecule has 2 heterocycles. The molecule has 33 heavy (non-hydrogen) atoms. The molecule has 0 radical (unpaired) electrons. The van der Waals surface area contributed by atoms with Crippen LogP contribution in [0.5, 0.6) is 0 Å². The SMILES string of the molecule is NC(=O)CNC1=NC(=O)S/C1=C\C1CCN(Cc2ccc(C(F)(F)F)cc2C(F)(F)F)CC1. The largest absolute Gasteiger partial charge is 0.416 e. The Labute approximate surface area is 189 Å². The molecule has 2 amide bonds. The lowest BCUT2D eigenvalue weighted by Gasteiger charge is -2.31. The van der Waals surface area contributed by atoms with Gasteiger partial charge < -0.3 is 11.1 Å². The molecule has 0 unspecified atom stereocenters. The van der Waals surface area contributed by atoms with Gasteiger partial charge in [0.15, 0.2) is 0 Å². The number of hydrogen-bond donors (Lipinski definition) is 2. The maximum atomic E-state index is 13.4. The van der Waals surface area contributed by atoms with Crippen LogP contribution in [0.2, 0.25) is 0 Å². The number of carbonyl (C=O) groups excluding carboxylic acids is 2. The summed E-state index contributed by atoms with van der Waals surface area (Å²) < 4.78 is 78.7. The van der Waals surface area contributed by atoms with E-state index in [0.29, 0.717) is 36.9 Å². The summed E-state index contributed by atoms with van der Waals surface area (Å²) in [6.45, 7) is 0.534. The molecule has 1 aromatic carbocycles. The summed E-state index contributed by atoms with van der Waals surface area (Å²) in [5.41, 5.74) is 2.24. The highest BCUT2D eigenvalue weighted by Gasteiger charge is 2.38. The number of rotatable bonds is 5. The number of alkyl halides is 6. The third kappa shape index (κ3) is 6.73. The van der Waals surface area contributed by atoms with Crippen molar-refractivity contribution in [1.29, 1.82) is 0 Å². The van der Waals surface area contributed by atoms with E-state index >= 15 is 0 Å². The number of hydrogen-bond acceptors (Lipinski definition) is 5. The van der Waals surface area contributed by atoms with Gasteiger partial charge >= 0.3 is 17.6 Å². The van der Waals surface area contributed by atoms with E-state index in [1.54, 1.807) is 4.90 Å². The van der Waals surface area contributed by atoms with E-state index in [-0.39, 0.29) is 36.5 Å². The third-order valence-corrected chi connectivity index (χ3v) is 6.03. The highest BCUT2D eigenvalue weighted by atomic mass is 32.2. The molecule has 180 valence electrons. The molecule has 1 fully saturated rings. The molecule has 0 spiro atoms. The topological polar surface area (TPSA) is 87.8 Å². The molecule has 0 atom stereocenters. The summed E-state index contributed by atoms with van der Waals surface area (Å²) >= 11 is 0.904. The van der Waals surface area contributed by atoms with Gasteiger partial charge in [-0.15, -0.1) is 0 Å². The average Bonchev–Trinajstić information content (AvgIpc) is 3.05. The van der Waals surface area contributed by atoms with E-state index in [0.717, 1.165) is 17.8 Å². The molecule has 3 N–H and O–H groups in total. The second-order valence-corrected chi connectivity index (χ2v) is 8.65. The number of likely N-dealkylation sites (tertiary alicyclic amines) is 1. The lowest BCUT2D eigenvalue weighted by Crippen LogP contribution is -2.34. The van der Waals surface area contributed by atoms with Gasteiger partial charge in [-0.25, -0.2) is 0 Å².